The first-order valence-electron chi connectivity index (χ1n) is 8.86. The first-order chi connectivity index (χ1) is 11.6. The Bertz CT molecular complexity index is 412. The summed E-state index contributed by atoms with van der Waals surface area (Å²) in [5.74, 6) is -0.656. The second kappa shape index (κ2) is 10.3. The van der Waals surface area contributed by atoms with Gasteiger partial charge in [0.1, 0.15) is 0 Å². The van der Waals surface area contributed by atoms with E-state index in [1.807, 2.05) is 0 Å². The van der Waals surface area contributed by atoms with Gasteiger partial charge in [-0.15, -0.1) is 23.2 Å². The summed E-state index contributed by atoms with van der Waals surface area (Å²) in [5, 5.41) is 0.138. The maximum atomic E-state index is 11.7. The average molecular weight is 377 g/mol. The Morgan fingerprint density at radius 2 is 1.12 bits per heavy atom. The highest BCUT2D eigenvalue weighted by Gasteiger charge is 2.25. The minimum absolute atomic E-state index is 0.0690. The Morgan fingerprint density at radius 3 is 1.50 bits per heavy atom. The maximum Gasteiger partial charge on any atom is 0.331 e. The van der Waals surface area contributed by atoms with Crippen molar-refractivity contribution in [2.75, 3.05) is 13.2 Å². The average Bonchev–Trinajstić information content (AvgIpc) is 2.58. The van der Waals surface area contributed by atoms with Gasteiger partial charge < -0.3 is 9.47 Å². The van der Waals surface area contributed by atoms with E-state index in [1.54, 1.807) is 0 Å². The predicted molar refractivity (Wildman–Crippen MR) is 94.3 cm³/mol. The lowest BCUT2D eigenvalue weighted by molar-refractivity contribution is -0.142. The summed E-state index contributed by atoms with van der Waals surface area (Å²) in [6.07, 6.45) is 10.6. The zero-order valence-electron chi connectivity index (χ0n) is 13.9. The van der Waals surface area contributed by atoms with E-state index in [-0.39, 0.29) is 22.6 Å². The minimum Gasteiger partial charge on any atom is -0.462 e. The van der Waals surface area contributed by atoms with Crippen LogP contribution in [0.1, 0.15) is 51.4 Å². The van der Waals surface area contributed by atoms with Gasteiger partial charge in [-0.3, -0.25) is 0 Å². The van der Waals surface area contributed by atoms with Crippen LogP contribution in [0.5, 0.6) is 0 Å². The smallest absolute Gasteiger partial charge is 0.331 e. The predicted octanol–water partition coefficient (Wildman–Crippen LogP) is 4.22. The van der Waals surface area contributed by atoms with Gasteiger partial charge in [-0.2, -0.15) is 0 Å². The molecular formula is C18H26Cl2O4. The van der Waals surface area contributed by atoms with E-state index in [0.717, 1.165) is 63.5 Å². The molecule has 0 radical (unpaired) electrons. The Kier molecular flexibility index (Phi) is 8.40. The highest BCUT2D eigenvalue weighted by Crippen LogP contribution is 2.29. The van der Waals surface area contributed by atoms with Gasteiger partial charge >= 0.3 is 11.9 Å². The second-order valence-corrected chi connectivity index (χ2v) is 7.84. The van der Waals surface area contributed by atoms with E-state index >= 15 is 0 Å². The van der Waals surface area contributed by atoms with Crippen LogP contribution in [-0.4, -0.2) is 35.9 Å². The molecule has 0 aliphatic heterocycles. The minimum atomic E-state index is -0.533. The third kappa shape index (κ3) is 6.64. The Labute approximate surface area is 153 Å². The normalized spacial score (nSPS) is 30.9. The van der Waals surface area contributed by atoms with Gasteiger partial charge in [0, 0.05) is 34.7 Å². The highest BCUT2D eigenvalue weighted by molar-refractivity contribution is 6.21. The number of rotatable bonds is 6. The number of ether oxygens (including phenoxy) is 2. The summed E-state index contributed by atoms with van der Waals surface area (Å²) in [7, 11) is 0. The fraction of sp³-hybridized carbons (Fsp3) is 0.778. The lowest BCUT2D eigenvalue weighted by atomic mass is 9.89. The molecule has 0 bridgehead atoms. The summed E-state index contributed by atoms with van der Waals surface area (Å²) in [6.45, 7) is 0.616. The third-order valence-electron chi connectivity index (χ3n) is 4.87. The second-order valence-electron chi connectivity index (χ2n) is 6.71. The van der Waals surface area contributed by atoms with Crippen LogP contribution in [0.25, 0.3) is 0 Å². The molecule has 2 rings (SSSR count). The van der Waals surface area contributed by atoms with Crippen molar-refractivity contribution in [3.8, 4) is 0 Å². The summed E-state index contributed by atoms with van der Waals surface area (Å²) in [6, 6.07) is 0. The number of carbonyl (C=O) groups excluding carboxylic acids is 2. The maximum absolute atomic E-state index is 11.7. The fourth-order valence-electron chi connectivity index (χ4n) is 3.31. The number of esters is 2. The first kappa shape index (κ1) is 19.6. The molecule has 0 aromatic rings. The van der Waals surface area contributed by atoms with Crippen molar-refractivity contribution in [3.63, 3.8) is 0 Å². The highest BCUT2D eigenvalue weighted by atomic mass is 35.5. The van der Waals surface area contributed by atoms with E-state index in [9.17, 15) is 9.59 Å². The topological polar surface area (TPSA) is 52.6 Å². The SMILES string of the molecule is O=C(/C=C/C(=O)OCC1CCCCC1Cl)OCC1CCCCC1Cl. The Hall–Kier alpha value is -0.740. The largest absolute Gasteiger partial charge is 0.462 e. The lowest BCUT2D eigenvalue weighted by Crippen LogP contribution is -2.26. The molecule has 0 spiro atoms. The van der Waals surface area contributed by atoms with Crippen LogP contribution in [0.15, 0.2) is 12.2 Å². The van der Waals surface area contributed by atoms with Crippen LogP contribution in [0.3, 0.4) is 0 Å². The van der Waals surface area contributed by atoms with Crippen LogP contribution < -0.4 is 0 Å². The van der Waals surface area contributed by atoms with Crippen molar-refractivity contribution >= 4 is 35.1 Å². The van der Waals surface area contributed by atoms with Crippen LogP contribution in [0, 0.1) is 11.8 Å². The van der Waals surface area contributed by atoms with Gasteiger partial charge in [-0.1, -0.05) is 25.7 Å². The van der Waals surface area contributed by atoms with E-state index in [1.165, 1.54) is 0 Å². The number of carbonyl (C=O) groups is 2. The fourth-order valence-corrected chi connectivity index (χ4v) is 4.02. The van der Waals surface area contributed by atoms with Crippen molar-refractivity contribution in [2.24, 2.45) is 11.8 Å². The molecule has 2 aliphatic rings. The molecule has 2 saturated carbocycles. The molecule has 0 N–H and O–H groups in total. The summed E-state index contributed by atoms with van der Waals surface area (Å²) < 4.78 is 10.3. The van der Waals surface area contributed by atoms with Gasteiger partial charge in [0.2, 0.25) is 0 Å². The molecule has 4 unspecified atom stereocenters. The number of hydrogen-bond donors (Lipinski definition) is 0. The van der Waals surface area contributed by atoms with Gasteiger partial charge in [0.15, 0.2) is 0 Å². The van der Waals surface area contributed by atoms with Crippen molar-refractivity contribution in [1.82, 2.24) is 0 Å². The van der Waals surface area contributed by atoms with Gasteiger partial charge in [0.05, 0.1) is 13.2 Å². The zero-order valence-corrected chi connectivity index (χ0v) is 15.4. The molecule has 136 valence electrons. The number of alkyl halides is 2. The van der Waals surface area contributed by atoms with Crippen LogP contribution in [-0.2, 0) is 19.1 Å². The molecule has 4 atom stereocenters. The molecule has 0 saturated heterocycles. The van der Waals surface area contributed by atoms with Crippen molar-refractivity contribution in [1.29, 1.82) is 0 Å². The van der Waals surface area contributed by atoms with Crippen molar-refractivity contribution < 1.29 is 19.1 Å². The van der Waals surface area contributed by atoms with Crippen LogP contribution >= 0.6 is 23.2 Å². The molecule has 0 heterocycles. The molecular weight excluding hydrogens is 351 g/mol. The van der Waals surface area contributed by atoms with Crippen LogP contribution in [0.2, 0.25) is 0 Å². The monoisotopic (exact) mass is 376 g/mol. The molecule has 24 heavy (non-hydrogen) atoms. The van der Waals surface area contributed by atoms with Crippen molar-refractivity contribution in [3.05, 3.63) is 12.2 Å². The van der Waals surface area contributed by atoms with Gasteiger partial charge in [-0.25, -0.2) is 9.59 Å². The van der Waals surface area contributed by atoms with E-state index in [2.05, 4.69) is 0 Å². The van der Waals surface area contributed by atoms with Crippen molar-refractivity contribution in [2.45, 2.75) is 62.1 Å². The molecule has 0 aromatic heterocycles. The Balaban J connectivity index is 1.64. The molecule has 2 aliphatic carbocycles. The quantitative estimate of drug-likeness (QED) is 0.395. The Morgan fingerprint density at radius 1 is 0.750 bits per heavy atom. The molecule has 0 aromatic carbocycles. The van der Waals surface area contributed by atoms with Gasteiger partial charge in [0.25, 0.3) is 0 Å². The number of halogens is 2. The molecule has 4 nitrogen and oxygen atoms in total. The molecule has 0 amide bonds. The zero-order chi connectivity index (χ0) is 17.4. The first-order valence-corrected chi connectivity index (χ1v) is 9.73. The van der Waals surface area contributed by atoms with E-state index in [4.69, 9.17) is 32.7 Å². The number of hydrogen-bond acceptors (Lipinski definition) is 4. The van der Waals surface area contributed by atoms with Crippen LogP contribution in [0.4, 0.5) is 0 Å². The lowest BCUT2D eigenvalue weighted by Gasteiger charge is -2.26. The summed E-state index contributed by atoms with van der Waals surface area (Å²) in [5.41, 5.74) is 0. The van der Waals surface area contributed by atoms with Gasteiger partial charge in [-0.05, 0) is 25.7 Å². The summed E-state index contributed by atoms with van der Waals surface area (Å²) in [4.78, 5) is 23.3. The molecule has 6 heteroatoms. The summed E-state index contributed by atoms with van der Waals surface area (Å²) >= 11 is 12.5. The third-order valence-corrected chi connectivity index (χ3v) is 6.02. The van der Waals surface area contributed by atoms with E-state index < -0.39 is 11.9 Å². The standard InChI is InChI=1S/C18H26Cl2O4/c19-15-7-3-1-5-13(15)11-23-17(21)9-10-18(22)24-12-14-6-2-4-8-16(14)20/h9-10,13-16H,1-8,11-12H2/b10-9+. The molecule has 2 fully saturated rings. The van der Waals surface area contributed by atoms with E-state index in [0.29, 0.717) is 13.2 Å².